The van der Waals surface area contributed by atoms with Gasteiger partial charge in [0.1, 0.15) is 0 Å². The lowest BCUT2D eigenvalue weighted by molar-refractivity contribution is 0.550. The molecule has 2 heterocycles. The van der Waals surface area contributed by atoms with Gasteiger partial charge in [0.25, 0.3) is 0 Å². The van der Waals surface area contributed by atoms with E-state index in [1.165, 1.54) is 0 Å². The Morgan fingerprint density at radius 3 is 2.63 bits per heavy atom. The predicted octanol–water partition coefficient (Wildman–Crippen LogP) is 1.87. The summed E-state index contributed by atoms with van der Waals surface area (Å²) < 4.78 is 3.82. The van der Waals surface area contributed by atoms with Crippen molar-refractivity contribution in [2.45, 2.75) is 25.8 Å². The van der Waals surface area contributed by atoms with E-state index in [1.807, 2.05) is 42.9 Å². The summed E-state index contributed by atoms with van der Waals surface area (Å²) in [5.74, 6) is 0. The summed E-state index contributed by atoms with van der Waals surface area (Å²) in [6.07, 6.45) is 5.45. The molecule has 104 valence electrons. The van der Waals surface area contributed by atoms with Gasteiger partial charge in [0, 0.05) is 26.7 Å². The third kappa shape index (κ3) is 2.82. The lowest BCUT2D eigenvalue weighted by Crippen LogP contribution is -2.20. The summed E-state index contributed by atoms with van der Waals surface area (Å²) >= 11 is 6.39. The van der Waals surface area contributed by atoms with E-state index in [2.05, 4.69) is 22.3 Å². The molecule has 0 aliphatic rings. The Labute approximate surface area is 118 Å². The zero-order valence-electron chi connectivity index (χ0n) is 11.8. The monoisotopic (exact) mass is 281 g/mol. The van der Waals surface area contributed by atoms with Gasteiger partial charge in [-0.1, -0.05) is 18.5 Å². The van der Waals surface area contributed by atoms with Crippen molar-refractivity contribution in [2.75, 3.05) is 7.05 Å². The molecule has 19 heavy (non-hydrogen) atoms. The highest BCUT2D eigenvalue weighted by atomic mass is 35.5. The smallest absolute Gasteiger partial charge is 0.0947 e. The van der Waals surface area contributed by atoms with Crippen molar-refractivity contribution < 1.29 is 0 Å². The molecule has 0 saturated heterocycles. The maximum absolute atomic E-state index is 6.39. The fraction of sp³-hybridized carbons (Fsp3) is 0.538. The van der Waals surface area contributed by atoms with Crippen LogP contribution in [0, 0.1) is 0 Å². The molecule has 5 nitrogen and oxygen atoms in total. The number of likely N-dealkylation sites (N-methyl/N-ethyl adjacent to an activating group) is 1. The van der Waals surface area contributed by atoms with Crippen LogP contribution in [0.5, 0.6) is 0 Å². The summed E-state index contributed by atoms with van der Waals surface area (Å²) in [7, 11) is 5.84. The first-order valence-electron chi connectivity index (χ1n) is 6.42. The highest BCUT2D eigenvalue weighted by Gasteiger charge is 2.19. The molecule has 2 aromatic rings. The van der Waals surface area contributed by atoms with Crippen molar-refractivity contribution in [3.05, 3.63) is 34.6 Å². The summed E-state index contributed by atoms with van der Waals surface area (Å²) in [6, 6.07) is 0.138. The highest BCUT2D eigenvalue weighted by molar-refractivity contribution is 6.31. The first-order valence-corrected chi connectivity index (χ1v) is 6.80. The number of halogens is 1. The zero-order valence-corrected chi connectivity index (χ0v) is 12.6. The van der Waals surface area contributed by atoms with Crippen LogP contribution in [0.1, 0.15) is 30.0 Å². The van der Waals surface area contributed by atoms with E-state index >= 15 is 0 Å². The second kappa shape index (κ2) is 5.75. The lowest BCUT2D eigenvalue weighted by Gasteiger charge is -2.14. The van der Waals surface area contributed by atoms with Crippen LogP contribution in [-0.2, 0) is 26.9 Å². The number of nitrogens with zero attached hydrogens (tertiary/aromatic N) is 4. The van der Waals surface area contributed by atoms with E-state index in [0.29, 0.717) is 0 Å². The Kier molecular flexibility index (Phi) is 4.27. The topological polar surface area (TPSA) is 47.7 Å². The highest BCUT2D eigenvalue weighted by Crippen LogP contribution is 2.25. The van der Waals surface area contributed by atoms with Gasteiger partial charge in [0.05, 0.1) is 34.5 Å². The van der Waals surface area contributed by atoms with Crippen molar-refractivity contribution in [3.63, 3.8) is 0 Å². The third-order valence-electron chi connectivity index (χ3n) is 3.33. The Hall–Kier alpha value is -1.33. The molecule has 0 bridgehead atoms. The SMILES string of the molecule is CCc1nn(C)c(CC(NC)c2cn(C)cn2)c1Cl. The molecule has 1 atom stereocenters. The molecule has 6 heteroatoms. The van der Waals surface area contributed by atoms with E-state index in [1.54, 1.807) is 0 Å². The van der Waals surface area contributed by atoms with E-state index in [4.69, 9.17) is 11.6 Å². The van der Waals surface area contributed by atoms with Crippen molar-refractivity contribution >= 4 is 11.6 Å². The van der Waals surface area contributed by atoms with Gasteiger partial charge in [0.2, 0.25) is 0 Å². The van der Waals surface area contributed by atoms with Crippen LogP contribution in [0.15, 0.2) is 12.5 Å². The number of aryl methyl sites for hydroxylation is 3. The van der Waals surface area contributed by atoms with Gasteiger partial charge in [-0.05, 0) is 13.5 Å². The second-order valence-corrected chi connectivity index (χ2v) is 5.07. The fourth-order valence-corrected chi connectivity index (χ4v) is 2.57. The molecule has 0 aliphatic heterocycles. The summed E-state index contributed by atoms with van der Waals surface area (Å²) in [4.78, 5) is 4.40. The Bertz CT molecular complexity index is 557. The maximum Gasteiger partial charge on any atom is 0.0947 e. The van der Waals surface area contributed by atoms with Crippen molar-refractivity contribution in [2.24, 2.45) is 14.1 Å². The quantitative estimate of drug-likeness (QED) is 0.910. The average Bonchev–Trinajstić information content (AvgIpc) is 2.92. The number of aromatic nitrogens is 4. The number of imidazole rings is 1. The van der Waals surface area contributed by atoms with E-state index in [9.17, 15) is 0 Å². The van der Waals surface area contributed by atoms with E-state index < -0.39 is 0 Å². The minimum Gasteiger partial charge on any atom is -0.340 e. The maximum atomic E-state index is 6.39. The Morgan fingerprint density at radius 2 is 2.16 bits per heavy atom. The standard InChI is InChI=1S/C13H20ClN5/c1-5-9-13(14)12(19(4)17-9)6-10(15-2)11-7-18(3)8-16-11/h7-8,10,15H,5-6H2,1-4H3. The first kappa shape index (κ1) is 14.1. The second-order valence-electron chi connectivity index (χ2n) is 4.69. The molecule has 2 aromatic heterocycles. The first-order chi connectivity index (χ1) is 9.06. The van der Waals surface area contributed by atoms with Crippen molar-refractivity contribution in [1.82, 2.24) is 24.6 Å². The number of rotatable bonds is 5. The molecule has 0 saturated carbocycles. The van der Waals surface area contributed by atoms with Gasteiger partial charge in [-0.25, -0.2) is 4.98 Å². The van der Waals surface area contributed by atoms with Crippen molar-refractivity contribution in [3.8, 4) is 0 Å². The minimum atomic E-state index is 0.138. The van der Waals surface area contributed by atoms with Gasteiger partial charge in [-0.3, -0.25) is 4.68 Å². The molecule has 0 aliphatic carbocycles. The van der Waals surface area contributed by atoms with Crippen LogP contribution in [0.2, 0.25) is 5.02 Å². The Morgan fingerprint density at radius 1 is 1.42 bits per heavy atom. The average molecular weight is 282 g/mol. The van der Waals surface area contributed by atoms with Crippen LogP contribution in [0.4, 0.5) is 0 Å². The summed E-state index contributed by atoms with van der Waals surface area (Å²) in [5, 5.41) is 8.51. The minimum absolute atomic E-state index is 0.138. The molecule has 0 radical (unpaired) electrons. The van der Waals surface area contributed by atoms with Gasteiger partial charge in [0.15, 0.2) is 0 Å². The molecule has 1 N–H and O–H groups in total. The summed E-state index contributed by atoms with van der Waals surface area (Å²) in [5.41, 5.74) is 3.01. The van der Waals surface area contributed by atoms with Gasteiger partial charge < -0.3 is 9.88 Å². The molecular formula is C13H20ClN5. The van der Waals surface area contributed by atoms with Crippen molar-refractivity contribution in [1.29, 1.82) is 0 Å². The van der Waals surface area contributed by atoms with Crippen LogP contribution < -0.4 is 5.32 Å². The molecule has 0 spiro atoms. The molecular weight excluding hydrogens is 262 g/mol. The van der Waals surface area contributed by atoms with Gasteiger partial charge >= 0.3 is 0 Å². The van der Waals surface area contributed by atoms with Gasteiger partial charge in [-0.15, -0.1) is 0 Å². The molecule has 0 aromatic carbocycles. The normalized spacial score (nSPS) is 12.9. The zero-order chi connectivity index (χ0) is 14.0. The fourth-order valence-electron chi connectivity index (χ4n) is 2.20. The van der Waals surface area contributed by atoms with Gasteiger partial charge in [-0.2, -0.15) is 5.10 Å². The van der Waals surface area contributed by atoms with E-state index in [-0.39, 0.29) is 6.04 Å². The van der Waals surface area contributed by atoms with E-state index in [0.717, 1.165) is 34.9 Å². The predicted molar refractivity (Wildman–Crippen MR) is 76.3 cm³/mol. The van der Waals surface area contributed by atoms with Crippen LogP contribution in [0.3, 0.4) is 0 Å². The third-order valence-corrected chi connectivity index (χ3v) is 3.77. The number of hydrogen-bond donors (Lipinski definition) is 1. The number of hydrogen-bond acceptors (Lipinski definition) is 3. The van der Waals surface area contributed by atoms with Crippen LogP contribution in [0.25, 0.3) is 0 Å². The molecule has 0 amide bonds. The Balaban J connectivity index is 2.26. The van der Waals surface area contributed by atoms with Crippen LogP contribution >= 0.6 is 11.6 Å². The molecule has 1 unspecified atom stereocenters. The summed E-state index contributed by atoms with van der Waals surface area (Å²) in [6.45, 7) is 2.06. The van der Waals surface area contributed by atoms with Crippen LogP contribution in [-0.4, -0.2) is 26.4 Å². The largest absolute Gasteiger partial charge is 0.340 e. The lowest BCUT2D eigenvalue weighted by atomic mass is 10.1. The molecule has 0 fully saturated rings. The number of nitrogens with one attached hydrogen (secondary N) is 1. The molecule has 2 rings (SSSR count).